The fraction of sp³-hybridized carbons (Fsp3) is 0.600. The number of hydrogen-bond acceptors (Lipinski definition) is 3. The van der Waals surface area contributed by atoms with Crippen LogP contribution < -0.4 is 10.6 Å². The van der Waals surface area contributed by atoms with E-state index in [0.29, 0.717) is 11.2 Å². The van der Waals surface area contributed by atoms with E-state index in [1.807, 2.05) is 19.1 Å². The number of nitrogens with zero attached hydrogens (tertiary/aromatic N) is 1. The summed E-state index contributed by atoms with van der Waals surface area (Å²) in [6.45, 7) is 8.65. The number of aromatic hydroxyl groups is 1. The van der Waals surface area contributed by atoms with Crippen LogP contribution in [0.1, 0.15) is 45.2 Å². The van der Waals surface area contributed by atoms with Gasteiger partial charge in [0, 0.05) is 36.4 Å². The van der Waals surface area contributed by atoms with E-state index in [4.69, 9.17) is 5.73 Å². The second-order valence-corrected chi connectivity index (χ2v) is 6.18. The summed E-state index contributed by atoms with van der Waals surface area (Å²) in [5, 5.41) is 9.99. The zero-order valence-corrected chi connectivity index (χ0v) is 11.6. The molecule has 3 nitrogen and oxygen atoms in total. The molecule has 1 aliphatic rings. The number of nitrogens with two attached hydrogens (primary N) is 1. The first kappa shape index (κ1) is 13.2. The summed E-state index contributed by atoms with van der Waals surface area (Å²) in [6, 6.07) is 5.72. The van der Waals surface area contributed by atoms with Gasteiger partial charge in [-0.2, -0.15) is 0 Å². The molecule has 1 heterocycles. The van der Waals surface area contributed by atoms with Crippen molar-refractivity contribution in [3.05, 3.63) is 23.8 Å². The number of piperidine rings is 1. The minimum Gasteiger partial charge on any atom is -0.508 e. The lowest BCUT2D eigenvalue weighted by molar-refractivity contribution is 0.280. The van der Waals surface area contributed by atoms with E-state index < -0.39 is 0 Å². The summed E-state index contributed by atoms with van der Waals surface area (Å²) in [5.41, 5.74) is 8.17. The highest BCUT2D eigenvalue weighted by atomic mass is 16.3. The van der Waals surface area contributed by atoms with Crippen LogP contribution in [0.3, 0.4) is 0 Å². The maximum atomic E-state index is 9.99. The highest BCUT2D eigenvalue weighted by Crippen LogP contribution is 2.34. The van der Waals surface area contributed by atoms with Crippen molar-refractivity contribution >= 4 is 5.69 Å². The first-order valence-electron chi connectivity index (χ1n) is 6.72. The van der Waals surface area contributed by atoms with Gasteiger partial charge in [-0.25, -0.2) is 0 Å². The molecule has 3 heteroatoms. The molecule has 0 spiro atoms. The molecule has 100 valence electrons. The van der Waals surface area contributed by atoms with Crippen LogP contribution in [0.4, 0.5) is 5.69 Å². The number of hydrogen-bond donors (Lipinski definition) is 2. The minimum absolute atomic E-state index is 0.126. The quantitative estimate of drug-likeness (QED) is 0.845. The van der Waals surface area contributed by atoms with Crippen LogP contribution in [0, 0.1) is 5.41 Å². The molecule has 0 bridgehead atoms. The van der Waals surface area contributed by atoms with E-state index in [1.165, 1.54) is 12.8 Å². The van der Waals surface area contributed by atoms with E-state index >= 15 is 0 Å². The second kappa shape index (κ2) is 4.81. The van der Waals surface area contributed by atoms with E-state index in [-0.39, 0.29) is 6.04 Å². The molecule has 0 saturated carbocycles. The number of phenolic OH excluding ortho intramolecular Hbond substituents is 1. The molecule has 0 aromatic heterocycles. The van der Waals surface area contributed by atoms with Gasteiger partial charge < -0.3 is 15.7 Å². The number of benzene rings is 1. The molecule has 1 fully saturated rings. The maximum absolute atomic E-state index is 9.99. The van der Waals surface area contributed by atoms with E-state index in [0.717, 1.165) is 24.3 Å². The monoisotopic (exact) mass is 248 g/mol. The molecule has 1 aromatic carbocycles. The second-order valence-electron chi connectivity index (χ2n) is 6.18. The van der Waals surface area contributed by atoms with Crippen molar-refractivity contribution in [2.45, 2.75) is 39.7 Å². The Balaban J connectivity index is 2.13. The van der Waals surface area contributed by atoms with Gasteiger partial charge in [-0.15, -0.1) is 0 Å². The average Bonchev–Trinajstić information content (AvgIpc) is 2.28. The Morgan fingerprint density at radius 1 is 1.28 bits per heavy atom. The van der Waals surface area contributed by atoms with Crippen LogP contribution in [0.2, 0.25) is 0 Å². The lowest BCUT2D eigenvalue weighted by atomic mass is 9.82. The maximum Gasteiger partial charge on any atom is 0.122 e. The molecule has 2 rings (SSSR count). The third-order valence-corrected chi connectivity index (χ3v) is 3.99. The molecule has 1 aromatic rings. The van der Waals surface area contributed by atoms with Gasteiger partial charge in [0.25, 0.3) is 0 Å². The molecule has 0 aliphatic carbocycles. The SMILES string of the molecule is CC(N)c1ccc(N2CCC(C)(C)CC2)cc1O. The van der Waals surface area contributed by atoms with E-state index in [1.54, 1.807) is 0 Å². The van der Waals surface area contributed by atoms with Crippen molar-refractivity contribution in [3.8, 4) is 5.75 Å². The summed E-state index contributed by atoms with van der Waals surface area (Å²) in [7, 11) is 0. The summed E-state index contributed by atoms with van der Waals surface area (Å²) >= 11 is 0. The van der Waals surface area contributed by atoms with Crippen molar-refractivity contribution in [2.75, 3.05) is 18.0 Å². The molecule has 0 radical (unpaired) electrons. The highest BCUT2D eigenvalue weighted by Gasteiger charge is 2.25. The number of anilines is 1. The van der Waals surface area contributed by atoms with Gasteiger partial charge in [0.15, 0.2) is 0 Å². The predicted molar refractivity (Wildman–Crippen MR) is 75.9 cm³/mol. The first-order chi connectivity index (χ1) is 8.39. The zero-order valence-electron chi connectivity index (χ0n) is 11.6. The summed E-state index contributed by atoms with van der Waals surface area (Å²) in [4.78, 5) is 2.34. The summed E-state index contributed by atoms with van der Waals surface area (Å²) < 4.78 is 0. The van der Waals surface area contributed by atoms with E-state index in [9.17, 15) is 5.11 Å². The molecule has 1 saturated heterocycles. The van der Waals surface area contributed by atoms with Gasteiger partial charge in [-0.1, -0.05) is 19.9 Å². The Morgan fingerprint density at radius 3 is 2.39 bits per heavy atom. The van der Waals surface area contributed by atoms with Crippen LogP contribution in [-0.4, -0.2) is 18.2 Å². The van der Waals surface area contributed by atoms with Crippen LogP contribution in [0.5, 0.6) is 5.75 Å². The Hall–Kier alpha value is -1.22. The molecular formula is C15H24N2O. The molecule has 3 N–H and O–H groups in total. The lowest BCUT2D eigenvalue weighted by Gasteiger charge is -2.38. The van der Waals surface area contributed by atoms with Crippen LogP contribution >= 0.6 is 0 Å². The van der Waals surface area contributed by atoms with E-state index in [2.05, 4.69) is 24.8 Å². The van der Waals surface area contributed by atoms with Crippen molar-refractivity contribution in [3.63, 3.8) is 0 Å². The van der Waals surface area contributed by atoms with Crippen LogP contribution in [0.15, 0.2) is 18.2 Å². The lowest BCUT2D eigenvalue weighted by Crippen LogP contribution is -2.37. The van der Waals surface area contributed by atoms with Gasteiger partial charge in [0.05, 0.1) is 0 Å². The Kier molecular flexibility index (Phi) is 3.53. The average molecular weight is 248 g/mol. The van der Waals surface area contributed by atoms with Gasteiger partial charge in [-0.3, -0.25) is 0 Å². The summed E-state index contributed by atoms with van der Waals surface area (Å²) in [6.07, 6.45) is 2.39. The molecule has 0 amide bonds. The van der Waals surface area contributed by atoms with Crippen molar-refractivity contribution in [1.29, 1.82) is 0 Å². The molecular weight excluding hydrogens is 224 g/mol. The normalized spacial score (nSPS) is 20.8. The third kappa shape index (κ3) is 2.78. The third-order valence-electron chi connectivity index (χ3n) is 3.99. The largest absolute Gasteiger partial charge is 0.508 e. The fourth-order valence-electron chi connectivity index (χ4n) is 2.48. The number of phenols is 1. The molecule has 1 unspecified atom stereocenters. The minimum atomic E-state index is -0.126. The number of rotatable bonds is 2. The first-order valence-corrected chi connectivity index (χ1v) is 6.72. The van der Waals surface area contributed by atoms with Gasteiger partial charge in [0.2, 0.25) is 0 Å². The Morgan fingerprint density at radius 2 is 1.89 bits per heavy atom. The fourth-order valence-corrected chi connectivity index (χ4v) is 2.48. The molecule has 1 aliphatic heterocycles. The molecule has 18 heavy (non-hydrogen) atoms. The van der Waals surface area contributed by atoms with Gasteiger partial charge in [-0.05, 0) is 31.2 Å². The van der Waals surface area contributed by atoms with Gasteiger partial charge >= 0.3 is 0 Å². The van der Waals surface area contributed by atoms with Crippen LogP contribution in [0.25, 0.3) is 0 Å². The highest BCUT2D eigenvalue weighted by molar-refractivity contribution is 5.54. The molecule has 1 atom stereocenters. The van der Waals surface area contributed by atoms with Crippen molar-refractivity contribution in [2.24, 2.45) is 11.1 Å². The zero-order chi connectivity index (χ0) is 13.3. The Labute approximate surface area is 110 Å². The van der Waals surface area contributed by atoms with Gasteiger partial charge in [0.1, 0.15) is 5.75 Å². The van der Waals surface area contributed by atoms with Crippen molar-refractivity contribution < 1.29 is 5.11 Å². The van der Waals surface area contributed by atoms with Crippen molar-refractivity contribution in [1.82, 2.24) is 0 Å². The Bertz CT molecular complexity index is 417. The topological polar surface area (TPSA) is 49.5 Å². The van der Waals surface area contributed by atoms with Crippen LogP contribution in [-0.2, 0) is 0 Å². The standard InChI is InChI=1S/C15H24N2O/c1-11(16)13-5-4-12(10-14(13)18)17-8-6-15(2,3)7-9-17/h4-5,10-11,18H,6-9,16H2,1-3H3. The predicted octanol–water partition coefficient (Wildman–Crippen LogP) is 3.04. The smallest absolute Gasteiger partial charge is 0.122 e. The summed E-state index contributed by atoms with van der Waals surface area (Å²) in [5.74, 6) is 0.312.